The van der Waals surface area contributed by atoms with Gasteiger partial charge >= 0.3 is 0 Å². The van der Waals surface area contributed by atoms with Gasteiger partial charge in [0.15, 0.2) is 21.4 Å². The lowest BCUT2D eigenvalue weighted by atomic mass is 10.1. The van der Waals surface area contributed by atoms with Gasteiger partial charge in [-0.2, -0.15) is 0 Å². The van der Waals surface area contributed by atoms with E-state index >= 15 is 0 Å². The van der Waals surface area contributed by atoms with Crippen LogP contribution in [0, 0.1) is 11.7 Å². The van der Waals surface area contributed by atoms with Gasteiger partial charge in [0.25, 0.3) is 5.91 Å². The first-order chi connectivity index (χ1) is 10.3. The van der Waals surface area contributed by atoms with E-state index in [1.165, 1.54) is 19.2 Å². The number of methoxy groups -OCH3 is 1. The molecule has 0 radical (unpaired) electrons. The molecule has 1 saturated heterocycles. The average molecular weight is 330 g/mol. The van der Waals surface area contributed by atoms with Gasteiger partial charge in [-0.1, -0.05) is 0 Å². The molecule has 1 aromatic rings. The molecule has 1 aromatic carbocycles. The van der Waals surface area contributed by atoms with Crippen LogP contribution >= 0.6 is 0 Å². The summed E-state index contributed by atoms with van der Waals surface area (Å²) in [6, 6.07) is 3.60. The van der Waals surface area contributed by atoms with E-state index < -0.39 is 33.4 Å². The average Bonchev–Trinajstić information content (AvgIpc) is 2.84. The molecule has 0 saturated carbocycles. The maximum atomic E-state index is 13.5. The summed E-state index contributed by atoms with van der Waals surface area (Å²) in [4.78, 5) is 23.5. The van der Waals surface area contributed by atoms with Crippen LogP contribution in [-0.4, -0.2) is 38.8 Å². The van der Waals surface area contributed by atoms with Crippen molar-refractivity contribution in [3.05, 3.63) is 29.6 Å². The van der Waals surface area contributed by atoms with Crippen molar-refractivity contribution in [3.8, 4) is 5.75 Å². The monoisotopic (exact) mass is 330 g/mol. The smallest absolute Gasteiger partial charge is 0.269 e. The van der Waals surface area contributed by atoms with Crippen LogP contribution in [0.15, 0.2) is 18.2 Å². The fraction of sp³-hybridized carbons (Fsp3) is 0.385. The number of rotatable bonds is 3. The van der Waals surface area contributed by atoms with Crippen LogP contribution < -0.4 is 15.6 Å². The summed E-state index contributed by atoms with van der Waals surface area (Å²) in [5.74, 6) is -2.95. The molecule has 7 nitrogen and oxygen atoms in total. The van der Waals surface area contributed by atoms with Gasteiger partial charge in [0, 0.05) is 5.56 Å². The first kappa shape index (κ1) is 16.2. The van der Waals surface area contributed by atoms with Crippen LogP contribution in [0.25, 0.3) is 0 Å². The standard InChI is InChI=1S/C13H15FN2O5S/c1-21-11-3-2-8(6-10(11)14)12(17)15-16-13(18)9-4-5-22(19,20)7-9/h2-3,6,9H,4-5,7H2,1H3,(H,15,17)(H,16,18)/t9-/m1/s1. The minimum Gasteiger partial charge on any atom is -0.494 e. The minimum absolute atomic E-state index is 0.00218. The SMILES string of the molecule is COc1ccc(C(=O)NNC(=O)[C@@H]2CCS(=O)(=O)C2)cc1F. The van der Waals surface area contributed by atoms with Crippen LogP contribution in [0.1, 0.15) is 16.8 Å². The van der Waals surface area contributed by atoms with Crippen molar-refractivity contribution in [2.75, 3.05) is 18.6 Å². The predicted octanol–water partition coefficient (Wildman–Crippen LogP) is 0.0300. The Balaban J connectivity index is 1.93. The van der Waals surface area contributed by atoms with Gasteiger partial charge in [-0.3, -0.25) is 20.4 Å². The van der Waals surface area contributed by atoms with Gasteiger partial charge in [-0.15, -0.1) is 0 Å². The van der Waals surface area contributed by atoms with Crippen molar-refractivity contribution in [1.82, 2.24) is 10.9 Å². The van der Waals surface area contributed by atoms with Crippen molar-refractivity contribution >= 4 is 21.7 Å². The Labute approximate surface area is 126 Å². The van der Waals surface area contributed by atoms with Gasteiger partial charge in [0.1, 0.15) is 0 Å². The third kappa shape index (κ3) is 3.73. The molecular weight excluding hydrogens is 315 g/mol. The Morgan fingerprint density at radius 3 is 2.59 bits per heavy atom. The summed E-state index contributed by atoms with van der Waals surface area (Å²) in [6.45, 7) is 0. The topological polar surface area (TPSA) is 102 Å². The van der Waals surface area contributed by atoms with Crippen LogP contribution in [0.3, 0.4) is 0 Å². The lowest BCUT2D eigenvalue weighted by Gasteiger charge is -2.11. The molecule has 1 fully saturated rings. The lowest BCUT2D eigenvalue weighted by Crippen LogP contribution is -2.44. The molecule has 0 bridgehead atoms. The Kier molecular flexibility index (Phi) is 4.65. The number of sulfone groups is 1. The highest BCUT2D eigenvalue weighted by Crippen LogP contribution is 2.19. The maximum absolute atomic E-state index is 13.5. The Morgan fingerprint density at radius 2 is 2.05 bits per heavy atom. The second-order valence-corrected chi connectivity index (χ2v) is 7.12. The highest BCUT2D eigenvalue weighted by molar-refractivity contribution is 7.91. The molecule has 2 rings (SSSR count). The van der Waals surface area contributed by atoms with Crippen LogP contribution in [-0.2, 0) is 14.6 Å². The highest BCUT2D eigenvalue weighted by Gasteiger charge is 2.33. The zero-order valence-corrected chi connectivity index (χ0v) is 12.6. The zero-order valence-electron chi connectivity index (χ0n) is 11.8. The molecule has 1 atom stereocenters. The molecule has 120 valence electrons. The molecule has 0 aromatic heterocycles. The van der Waals surface area contributed by atoms with Gasteiger partial charge in [0.2, 0.25) is 5.91 Å². The fourth-order valence-electron chi connectivity index (χ4n) is 2.10. The molecule has 22 heavy (non-hydrogen) atoms. The molecule has 2 N–H and O–H groups in total. The molecule has 1 aliphatic rings. The number of carbonyl (C=O) groups excluding carboxylic acids is 2. The molecule has 9 heteroatoms. The number of hydrazine groups is 1. The van der Waals surface area contributed by atoms with E-state index in [-0.39, 0.29) is 29.2 Å². The summed E-state index contributed by atoms with van der Waals surface area (Å²) < 4.78 is 40.8. The van der Waals surface area contributed by atoms with Crippen molar-refractivity contribution in [2.24, 2.45) is 5.92 Å². The number of benzene rings is 1. The number of hydrogen-bond acceptors (Lipinski definition) is 5. The third-order valence-electron chi connectivity index (χ3n) is 3.32. The largest absolute Gasteiger partial charge is 0.494 e. The summed E-state index contributed by atoms with van der Waals surface area (Å²) in [6.07, 6.45) is 0.223. The zero-order chi connectivity index (χ0) is 16.3. The number of carbonyl (C=O) groups is 2. The second-order valence-electron chi connectivity index (χ2n) is 4.89. The van der Waals surface area contributed by atoms with E-state index in [0.29, 0.717) is 0 Å². The fourth-order valence-corrected chi connectivity index (χ4v) is 3.84. The quantitative estimate of drug-likeness (QED) is 0.762. The van der Waals surface area contributed by atoms with E-state index in [2.05, 4.69) is 10.9 Å². The number of halogens is 1. The van der Waals surface area contributed by atoms with Gasteiger partial charge in [0.05, 0.1) is 24.5 Å². The molecule has 2 amide bonds. The lowest BCUT2D eigenvalue weighted by molar-refractivity contribution is -0.125. The van der Waals surface area contributed by atoms with E-state index in [1.807, 2.05) is 0 Å². The number of amides is 2. The number of hydrogen-bond donors (Lipinski definition) is 2. The molecule has 1 aliphatic heterocycles. The van der Waals surface area contributed by atoms with Gasteiger partial charge in [-0.25, -0.2) is 12.8 Å². The van der Waals surface area contributed by atoms with Crippen molar-refractivity contribution in [1.29, 1.82) is 0 Å². The van der Waals surface area contributed by atoms with Gasteiger partial charge in [-0.05, 0) is 24.6 Å². The molecule has 0 aliphatic carbocycles. The van der Waals surface area contributed by atoms with E-state index in [0.717, 1.165) is 6.07 Å². The molecule has 0 spiro atoms. The van der Waals surface area contributed by atoms with E-state index in [4.69, 9.17) is 4.74 Å². The summed E-state index contributed by atoms with van der Waals surface area (Å²) in [5.41, 5.74) is 4.28. The summed E-state index contributed by atoms with van der Waals surface area (Å²) in [7, 11) is -1.88. The molecule has 1 heterocycles. The first-order valence-corrected chi connectivity index (χ1v) is 8.28. The van der Waals surface area contributed by atoms with Crippen LogP contribution in [0.4, 0.5) is 4.39 Å². The van der Waals surface area contributed by atoms with Crippen LogP contribution in [0.2, 0.25) is 0 Å². The Bertz CT molecular complexity index is 704. The highest BCUT2D eigenvalue weighted by atomic mass is 32.2. The summed E-state index contributed by atoms with van der Waals surface area (Å²) in [5, 5.41) is 0. The van der Waals surface area contributed by atoms with Gasteiger partial charge < -0.3 is 4.74 Å². The Hall–Kier alpha value is -2.16. The number of ether oxygens (including phenoxy) is 1. The molecule has 0 unspecified atom stereocenters. The van der Waals surface area contributed by atoms with Crippen molar-refractivity contribution in [3.63, 3.8) is 0 Å². The third-order valence-corrected chi connectivity index (χ3v) is 5.08. The minimum atomic E-state index is -3.18. The predicted molar refractivity (Wildman–Crippen MR) is 75.3 cm³/mol. The summed E-state index contributed by atoms with van der Waals surface area (Å²) >= 11 is 0. The van der Waals surface area contributed by atoms with Crippen molar-refractivity contribution in [2.45, 2.75) is 6.42 Å². The van der Waals surface area contributed by atoms with Crippen molar-refractivity contribution < 1.29 is 27.1 Å². The maximum Gasteiger partial charge on any atom is 0.269 e. The second kappa shape index (κ2) is 6.30. The molecular formula is C13H15FN2O5S. The van der Waals surface area contributed by atoms with E-state index in [1.54, 1.807) is 0 Å². The first-order valence-electron chi connectivity index (χ1n) is 6.46. The van der Waals surface area contributed by atoms with E-state index in [9.17, 15) is 22.4 Å². The van der Waals surface area contributed by atoms with Crippen LogP contribution in [0.5, 0.6) is 5.75 Å². The normalized spacial score (nSPS) is 19.5. The number of nitrogens with one attached hydrogen (secondary N) is 2. The Morgan fingerprint density at radius 1 is 1.32 bits per heavy atom.